The molecule has 0 spiro atoms. The monoisotopic (exact) mass is 388 g/mol. The molecule has 5 nitrogen and oxygen atoms in total. The Morgan fingerprint density at radius 1 is 1.00 bits per heavy atom. The SMILES string of the molecule is CC(=O)c1ccc(N2CCN(C(=O)CCOc3ccccc3F)CC2)c(F)c1. The Kier molecular flexibility index (Phi) is 6.23. The van der Waals surface area contributed by atoms with Crippen LogP contribution in [0.15, 0.2) is 42.5 Å². The number of halogens is 2. The van der Waals surface area contributed by atoms with Crippen molar-refractivity contribution in [1.82, 2.24) is 4.90 Å². The molecule has 0 bridgehead atoms. The predicted octanol–water partition coefficient (Wildman–Crippen LogP) is 3.29. The van der Waals surface area contributed by atoms with Gasteiger partial charge in [-0.1, -0.05) is 12.1 Å². The van der Waals surface area contributed by atoms with Crippen LogP contribution in [0.3, 0.4) is 0 Å². The zero-order chi connectivity index (χ0) is 20.1. The molecule has 1 aliphatic rings. The molecule has 1 fully saturated rings. The molecule has 0 unspecified atom stereocenters. The van der Waals surface area contributed by atoms with E-state index in [1.807, 2.05) is 4.90 Å². The molecule has 0 atom stereocenters. The number of nitrogens with zero attached hydrogens (tertiary/aromatic N) is 2. The van der Waals surface area contributed by atoms with Gasteiger partial charge in [-0.3, -0.25) is 9.59 Å². The van der Waals surface area contributed by atoms with Gasteiger partial charge in [0.1, 0.15) is 5.82 Å². The van der Waals surface area contributed by atoms with Gasteiger partial charge in [-0.25, -0.2) is 8.78 Å². The summed E-state index contributed by atoms with van der Waals surface area (Å²) in [6.45, 7) is 3.42. The van der Waals surface area contributed by atoms with Crippen molar-refractivity contribution in [2.24, 2.45) is 0 Å². The van der Waals surface area contributed by atoms with Gasteiger partial charge >= 0.3 is 0 Å². The summed E-state index contributed by atoms with van der Waals surface area (Å²) in [7, 11) is 0. The van der Waals surface area contributed by atoms with Gasteiger partial charge in [0, 0.05) is 31.7 Å². The van der Waals surface area contributed by atoms with Gasteiger partial charge in [0.15, 0.2) is 17.3 Å². The van der Waals surface area contributed by atoms with Crippen LogP contribution in [0.1, 0.15) is 23.7 Å². The summed E-state index contributed by atoms with van der Waals surface area (Å²) in [6, 6.07) is 10.5. The highest BCUT2D eigenvalue weighted by Crippen LogP contribution is 2.22. The number of para-hydroxylation sites is 1. The van der Waals surface area contributed by atoms with Crippen LogP contribution < -0.4 is 9.64 Å². The molecule has 1 amide bonds. The number of anilines is 1. The fourth-order valence-corrected chi connectivity index (χ4v) is 3.15. The minimum atomic E-state index is -0.457. The van der Waals surface area contributed by atoms with E-state index in [4.69, 9.17) is 4.74 Å². The van der Waals surface area contributed by atoms with Crippen molar-refractivity contribution in [2.75, 3.05) is 37.7 Å². The van der Waals surface area contributed by atoms with E-state index in [9.17, 15) is 18.4 Å². The number of piperazine rings is 1. The van der Waals surface area contributed by atoms with Crippen molar-refractivity contribution in [3.8, 4) is 5.75 Å². The smallest absolute Gasteiger partial charge is 0.226 e. The van der Waals surface area contributed by atoms with Gasteiger partial charge in [0.2, 0.25) is 5.91 Å². The maximum Gasteiger partial charge on any atom is 0.226 e. The first kappa shape index (κ1) is 19.8. The summed E-state index contributed by atoms with van der Waals surface area (Å²) in [6.07, 6.45) is 0.149. The third-order valence-corrected chi connectivity index (χ3v) is 4.74. The van der Waals surface area contributed by atoms with Crippen molar-refractivity contribution < 1.29 is 23.1 Å². The zero-order valence-electron chi connectivity index (χ0n) is 15.7. The molecule has 1 heterocycles. The van der Waals surface area contributed by atoms with Gasteiger partial charge in [-0.2, -0.15) is 0 Å². The Morgan fingerprint density at radius 3 is 2.36 bits per heavy atom. The second-order valence-electron chi connectivity index (χ2n) is 6.62. The third kappa shape index (κ3) is 4.65. The van der Waals surface area contributed by atoms with E-state index < -0.39 is 11.6 Å². The van der Waals surface area contributed by atoms with Crippen LogP contribution in [-0.2, 0) is 4.79 Å². The molecule has 1 aliphatic heterocycles. The highest BCUT2D eigenvalue weighted by molar-refractivity contribution is 5.94. The maximum absolute atomic E-state index is 14.3. The van der Waals surface area contributed by atoms with Crippen molar-refractivity contribution in [1.29, 1.82) is 0 Å². The van der Waals surface area contributed by atoms with Crippen LogP contribution in [0, 0.1) is 11.6 Å². The van der Waals surface area contributed by atoms with Crippen LogP contribution in [0.4, 0.5) is 14.5 Å². The van der Waals surface area contributed by atoms with E-state index in [2.05, 4.69) is 0 Å². The van der Waals surface area contributed by atoms with E-state index >= 15 is 0 Å². The first-order chi connectivity index (χ1) is 13.5. The number of ether oxygens (including phenoxy) is 1. The number of hydrogen-bond acceptors (Lipinski definition) is 4. The fourth-order valence-electron chi connectivity index (χ4n) is 3.15. The molecule has 2 aromatic carbocycles. The lowest BCUT2D eigenvalue weighted by Gasteiger charge is -2.36. The molecule has 148 valence electrons. The van der Waals surface area contributed by atoms with E-state index in [1.54, 1.807) is 29.2 Å². The quantitative estimate of drug-likeness (QED) is 0.713. The van der Waals surface area contributed by atoms with E-state index in [0.29, 0.717) is 37.4 Å². The number of carbonyl (C=O) groups is 2. The Labute approximate surface area is 162 Å². The summed E-state index contributed by atoms with van der Waals surface area (Å²) in [5.41, 5.74) is 0.768. The summed E-state index contributed by atoms with van der Waals surface area (Å²) < 4.78 is 33.1. The first-order valence-corrected chi connectivity index (χ1v) is 9.16. The number of rotatable bonds is 6. The average molecular weight is 388 g/mol. The molecule has 0 N–H and O–H groups in total. The van der Waals surface area contributed by atoms with E-state index in [-0.39, 0.29) is 30.5 Å². The molecular formula is C21H22F2N2O3. The van der Waals surface area contributed by atoms with Gasteiger partial charge < -0.3 is 14.5 Å². The predicted molar refractivity (Wildman–Crippen MR) is 102 cm³/mol. The van der Waals surface area contributed by atoms with E-state index in [1.165, 1.54) is 25.1 Å². The third-order valence-electron chi connectivity index (χ3n) is 4.74. The standard InChI is InChI=1S/C21H22F2N2O3/c1-15(26)16-6-7-19(18(23)14-16)24-9-11-25(12-10-24)21(27)8-13-28-20-5-3-2-4-17(20)22/h2-7,14H,8-13H2,1H3. The summed E-state index contributed by atoms with van der Waals surface area (Å²) in [5.74, 6) is -1.03. The second-order valence-corrected chi connectivity index (χ2v) is 6.62. The molecular weight excluding hydrogens is 366 g/mol. The highest BCUT2D eigenvalue weighted by Gasteiger charge is 2.23. The fraction of sp³-hybridized carbons (Fsp3) is 0.333. The van der Waals surface area contributed by atoms with Crippen LogP contribution >= 0.6 is 0 Å². The highest BCUT2D eigenvalue weighted by atomic mass is 19.1. The van der Waals surface area contributed by atoms with Crippen LogP contribution in [0.2, 0.25) is 0 Å². The van der Waals surface area contributed by atoms with Crippen molar-refractivity contribution >= 4 is 17.4 Å². The molecule has 0 aromatic heterocycles. The molecule has 7 heteroatoms. The van der Waals surface area contributed by atoms with Crippen LogP contribution in [0.25, 0.3) is 0 Å². The lowest BCUT2D eigenvalue weighted by molar-refractivity contribution is -0.132. The molecule has 28 heavy (non-hydrogen) atoms. The van der Waals surface area contributed by atoms with Crippen molar-refractivity contribution in [3.05, 3.63) is 59.7 Å². The molecule has 0 aliphatic carbocycles. The Balaban J connectivity index is 1.49. The topological polar surface area (TPSA) is 49.9 Å². The first-order valence-electron chi connectivity index (χ1n) is 9.16. The average Bonchev–Trinajstić information content (AvgIpc) is 2.69. The van der Waals surface area contributed by atoms with Crippen molar-refractivity contribution in [3.63, 3.8) is 0 Å². The Bertz CT molecular complexity index is 864. The number of hydrogen-bond donors (Lipinski definition) is 0. The van der Waals surface area contributed by atoms with Gasteiger partial charge in [0.25, 0.3) is 0 Å². The molecule has 1 saturated heterocycles. The number of benzene rings is 2. The van der Waals surface area contributed by atoms with E-state index in [0.717, 1.165) is 0 Å². The number of Topliss-reactive ketones (excluding diaryl/α,β-unsaturated/α-hetero) is 1. The largest absolute Gasteiger partial charge is 0.490 e. The van der Waals surface area contributed by atoms with Gasteiger partial charge in [-0.05, 0) is 37.3 Å². The Morgan fingerprint density at radius 2 is 1.71 bits per heavy atom. The maximum atomic E-state index is 14.3. The van der Waals surface area contributed by atoms with Crippen molar-refractivity contribution in [2.45, 2.75) is 13.3 Å². The second kappa shape index (κ2) is 8.82. The number of carbonyl (C=O) groups excluding carboxylic acids is 2. The molecule has 0 saturated carbocycles. The summed E-state index contributed by atoms with van der Waals surface area (Å²) in [5, 5.41) is 0. The van der Waals surface area contributed by atoms with Crippen LogP contribution in [0.5, 0.6) is 5.75 Å². The zero-order valence-corrected chi connectivity index (χ0v) is 15.7. The van der Waals surface area contributed by atoms with Gasteiger partial charge in [0.05, 0.1) is 18.7 Å². The number of ketones is 1. The lowest BCUT2D eigenvalue weighted by atomic mass is 10.1. The Hall–Kier alpha value is -2.96. The normalized spacial score (nSPS) is 14.1. The minimum Gasteiger partial charge on any atom is -0.490 e. The van der Waals surface area contributed by atoms with Crippen LogP contribution in [-0.4, -0.2) is 49.4 Å². The minimum absolute atomic E-state index is 0.0802. The lowest BCUT2D eigenvalue weighted by Crippen LogP contribution is -2.49. The summed E-state index contributed by atoms with van der Waals surface area (Å²) in [4.78, 5) is 27.2. The molecule has 2 aromatic rings. The number of amides is 1. The summed E-state index contributed by atoms with van der Waals surface area (Å²) >= 11 is 0. The molecule has 0 radical (unpaired) electrons. The molecule has 3 rings (SSSR count). The van der Waals surface area contributed by atoms with Gasteiger partial charge in [-0.15, -0.1) is 0 Å².